The summed E-state index contributed by atoms with van der Waals surface area (Å²) < 4.78 is 0. The Morgan fingerprint density at radius 3 is 1.95 bits per heavy atom. The predicted molar refractivity (Wildman–Crippen MR) is 91.9 cm³/mol. The molecule has 1 saturated heterocycles. The lowest BCUT2D eigenvalue weighted by Gasteiger charge is -2.55. The first-order valence-corrected chi connectivity index (χ1v) is 8.06. The summed E-state index contributed by atoms with van der Waals surface area (Å²) >= 11 is 0. The van der Waals surface area contributed by atoms with Crippen molar-refractivity contribution in [3.05, 3.63) is 35.9 Å². The van der Waals surface area contributed by atoms with Crippen LogP contribution in [0, 0.1) is 5.92 Å². The van der Waals surface area contributed by atoms with Crippen molar-refractivity contribution < 1.29 is 9.90 Å². The van der Waals surface area contributed by atoms with Gasteiger partial charge in [0, 0.05) is 24.5 Å². The fourth-order valence-corrected chi connectivity index (χ4v) is 4.01. The van der Waals surface area contributed by atoms with E-state index in [2.05, 4.69) is 69.9 Å². The fourth-order valence-electron chi connectivity index (χ4n) is 4.01. The molecule has 0 spiro atoms. The highest BCUT2D eigenvalue weighted by Crippen LogP contribution is 2.41. The lowest BCUT2D eigenvalue weighted by molar-refractivity contribution is -0.134. The number of carbonyl (C=O) groups is 1. The zero-order valence-corrected chi connectivity index (χ0v) is 14.9. The van der Waals surface area contributed by atoms with E-state index in [4.69, 9.17) is 9.90 Å². The topological polar surface area (TPSA) is 40.5 Å². The van der Waals surface area contributed by atoms with Gasteiger partial charge in [-0.2, -0.15) is 0 Å². The number of carboxylic acids is 1. The number of aliphatic carboxylic acids is 1. The quantitative estimate of drug-likeness (QED) is 0.870. The van der Waals surface area contributed by atoms with Crippen LogP contribution < -0.4 is 0 Å². The first kappa shape index (κ1) is 18.7. The smallest absolute Gasteiger partial charge is 0.300 e. The maximum atomic E-state index is 9.00. The van der Waals surface area contributed by atoms with Crippen molar-refractivity contribution in [1.82, 2.24) is 4.90 Å². The molecule has 1 aliphatic heterocycles. The van der Waals surface area contributed by atoms with E-state index in [1.165, 1.54) is 18.4 Å². The zero-order chi connectivity index (χ0) is 17.0. The molecule has 3 heteroatoms. The second kappa shape index (κ2) is 7.28. The van der Waals surface area contributed by atoms with Crippen molar-refractivity contribution in [2.24, 2.45) is 5.92 Å². The van der Waals surface area contributed by atoms with Gasteiger partial charge in [0.15, 0.2) is 0 Å². The molecular formula is C19H31NO2. The van der Waals surface area contributed by atoms with Crippen LogP contribution in [-0.4, -0.2) is 27.1 Å². The van der Waals surface area contributed by atoms with Gasteiger partial charge in [0.25, 0.3) is 5.97 Å². The monoisotopic (exact) mass is 305 g/mol. The van der Waals surface area contributed by atoms with E-state index in [0.29, 0.717) is 0 Å². The number of benzene rings is 1. The largest absolute Gasteiger partial charge is 0.481 e. The van der Waals surface area contributed by atoms with Crippen LogP contribution in [-0.2, 0) is 11.3 Å². The number of carboxylic acid groups (broad SMARTS) is 1. The Bertz CT molecular complexity index is 457. The second-order valence-electron chi connectivity index (χ2n) is 7.73. The van der Waals surface area contributed by atoms with Crippen molar-refractivity contribution >= 4 is 5.97 Å². The van der Waals surface area contributed by atoms with Crippen LogP contribution in [0.4, 0.5) is 0 Å². The van der Waals surface area contributed by atoms with Gasteiger partial charge in [-0.1, -0.05) is 37.3 Å². The molecule has 0 radical (unpaired) electrons. The van der Waals surface area contributed by atoms with Gasteiger partial charge in [-0.15, -0.1) is 0 Å². The minimum atomic E-state index is -0.833. The number of hydrogen-bond acceptors (Lipinski definition) is 2. The van der Waals surface area contributed by atoms with E-state index in [0.717, 1.165) is 19.4 Å². The van der Waals surface area contributed by atoms with Crippen LogP contribution in [0.2, 0.25) is 0 Å². The molecule has 0 saturated carbocycles. The van der Waals surface area contributed by atoms with Crippen LogP contribution in [0.25, 0.3) is 0 Å². The summed E-state index contributed by atoms with van der Waals surface area (Å²) in [6.45, 7) is 14.1. The first-order valence-electron chi connectivity index (χ1n) is 8.06. The van der Waals surface area contributed by atoms with E-state index >= 15 is 0 Å². The zero-order valence-electron chi connectivity index (χ0n) is 14.9. The van der Waals surface area contributed by atoms with Crippen molar-refractivity contribution in [2.45, 2.75) is 72.0 Å². The Morgan fingerprint density at radius 1 is 1.14 bits per heavy atom. The van der Waals surface area contributed by atoms with Crippen LogP contribution in [0.3, 0.4) is 0 Å². The van der Waals surface area contributed by atoms with Crippen molar-refractivity contribution in [3.8, 4) is 0 Å². The lowest BCUT2D eigenvalue weighted by Crippen LogP contribution is -2.59. The molecular weight excluding hydrogens is 274 g/mol. The molecule has 1 aromatic rings. The average molecular weight is 305 g/mol. The van der Waals surface area contributed by atoms with Gasteiger partial charge in [0.1, 0.15) is 0 Å². The number of likely N-dealkylation sites (tertiary alicyclic amines) is 1. The molecule has 2 rings (SSSR count). The van der Waals surface area contributed by atoms with Crippen molar-refractivity contribution in [1.29, 1.82) is 0 Å². The van der Waals surface area contributed by atoms with Gasteiger partial charge in [-0.05, 0) is 52.0 Å². The van der Waals surface area contributed by atoms with E-state index in [1.54, 1.807) is 0 Å². The van der Waals surface area contributed by atoms with Crippen LogP contribution in [0.1, 0.15) is 59.9 Å². The predicted octanol–water partition coefficient (Wildman–Crippen LogP) is 4.57. The highest BCUT2D eigenvalue weighted by atomic mass is 16.4. The van der Waals surface area contributed by atoms with E-state index in [1.807, 2.05) is 0 Å². The Kier molecular flexibility index (Phi) is 6.18. The Labute approximate surface area is 135 Å². The third kappa shape index (κ3) is 5.45. The number of rotatable bonds is 2. The molecule has 1 aliphatic rings. The number of nitrogens with zero attached hydrogens (tertiary/aromatic N) is 1. The van der Waals surface area contributed by atoms with Gasteiger partial charge >= 0.3 is 0 Å². The van der Waals surface area contributed by atoms with Gasteiger partial charge < -0.3 is 5.11 Å². The summed E-state index contributed by atoms with van der Waals surface area (Å²) in [5.41, 5.74) is 2.00. The fraction of sp³-hybridized carbons (Fsp3) is 0.632. The molecule has 0 aliphatic carbocycles. The van der Waals surface area contributed by atoms with Gasteiger partial charge in [-0.25, -0.2) is 0 Å². The Balaban J connectivity index is 0.000000541. The standard InChI is InChI=1S/C17H27N.C2H4O2/c1-14-11-16(2,3)18(17(4,5)12-14)13-15-9-7-6-8-10-15;1-2(3)4/h6-10,14H,11-13H2,1-5H3;1H3,(H,3,4). The third-order valence-electron chi connectivity index (χ3n) is 4.34. The van der Waals surface area contributed by atoms with E-state index in [9.17, 15) is 0 Å². The van der Waals surface area contributed by atoms with E-state index < -0.39 is 5.97 Å². The highest BCUT2D eigenvalue weighted by Gasteiger charge is 2.43. The normalized spacial score (nSPS) is 20.8. The maximum absolute atomic E-state index is 9.00. The van der Waals surface area contributed by atoms with Crippen molar-refractivity contribution in [2.75, 3.05) is 0 Å². The van der Waals surface area contributed by atoms with Crippen LogP contribution in [0.5, 0.6) is 0 Å². The molecule has 3 nitrogen and oxygen atoms in total. The minimum Gasteiger partial charge on any atom is -0.481 e. The molecule has 0 aromatic heterocycles. The number of piperidine rings is 1. The van der Waals surface area contributed by atoms with E-state index in [-0.39, 0.29) is 11.1 Å². The molecule has 0 atom stereocenters. The Hall–Kier alpha value is -1.35. The number of hydrogen-bond donors (Lipinski definition) is 1. The SMILES string of the molecule is CC(=O)O.CC1CC(C)(C)N(Cc2ccccc2)C(C)(C)C1. The third-order valence-corrected chi connectivity index (χ3v) is 4.34. The van der Waals surface area contributed by atoms with Gasteiger partial charge in [0.05, 0.1) is 0 Å². The molecule has 1 fully saturated rings. The van der Waals surface area contributed by atoms with Crippen molar-refractivity contribution in [3.63, 3.8) is 0 Å². The summed E-state index contributed by atoms with van der Waals surface area (Å²) in [5, 5.41) is 7.42. The molecule has 0 bridgehead atoms. The van der Waals surface area contributed by atoms with Crippen LogP contribution >= 0.6 is 0 Å². The second-order valence-corrected chi connectivity index (χ2v) is 7.73. The summed E-state index contributed by atoms with van der Waals surface area (Å²) in [4.78, 5) is 11.7. The molecule has 0 amide bonds. The maximum Gasteiger partial charge on any atom is 0.300 e. The molecule has 1 aromatic carbocycles. The summed E-state index contributed by atoms with van der Waals surface area (Å²) in [7, 11) is 0. The molecule has 124 valence electrons. The van der Waals surface area contributed by atoms with Gasteiger partial charge in [-0.3, -0.25) is 9.69 Å². The lowest BCUT2D eigenvalue weighted by atomic mass is 9.74. The average Bonchev–Trinajstić information content (AvgIpc) is 2.33. The Morgan fingerprint density at radius 2 is 1.55 bits per heavy atom. The van der Waals surface area contributed by atoms with Crippen LogP contribution in [0.15, 0.2) is 30.3 Å². The van der Waals surface area contributed by atoms with Gasteiger partial charge in [0.2, 0.25) is 0 Å². The molecule has 1 N–H and O–H groups in total. The summed E-state index contributed by atoms with van der Waals surface area (Å²) in [6.07, 6.45) is 2.59. The molecule has 22 heavy (non-hydrogen) atoms. The highest BCUT2D eigenvalue weighted by molar-refractivity contribution is 5.62. The molecule has 0 unspecified atom stereocenters. The summed E-state index contributed by atoms with van der Waals surface area (Å²) in [5.74, 6) is -0.0120. The first-order chi connectivity index (χ1) is 10.0. The molecule has 1 heterocycles. The minimum absolute atomic E-state index is 0.289. The summed E-state index contributed by atoms with van der Waals surface area (Å²) in [6, 6.07) is 10.9.